The predicted molar refractivity (Wildman–Crippen MR) is 92.2 cm³/mol. The number of benzene rings is 1. The second kappa shape index (κ2) is 6.08. The highest BCUT2D eigenvalue weighted by Gasteiger charge is 2.14. The van der Waals surface area contributed by atoms with Crippen LogP contribution < -0.4 is 5.32 Å². The number of hydrogen-bond acceptors (Lipinski definition) is 2. The maximum Gasteiger partial charge on any atom is 0.272 e. The third-order valence-electron chi connectivity index (χ3n) is 3.85. The lowest BCUT2D eigenvalue weighted by molar-refractivity contribution is 0.102. The van der Waals surface area contributed by atoms with Crippen molar-refractivity contribution in [3.63, 3.8) is 0 Å². The Morgan fingerprint density at radius 3 is 2.65 bits per heavy atom. The van der Waals surface area contributed by atoms with E-state index in [1.54, 1.807) is 6.20 Å². The fourth-order valence-corrected chi connectivity index (χ4v) is 2.65. The molecular weight excluding hydrogens is 286 g/mol. The van der Waals surface area contributed by atoms with E-state index in [0.717, 1.165) is 22.6 Å². The molecule has 3 rings (SSSR count). The van der Waals surface area contributed by atoms with Crippen molar-refractivity contribution in [1.82, 2.24) is 9.55 Å². The van der Waals surface area contributed by atoms with Crippen LogP contribution in [0.15, 0.2) is 54.9 Å². The number of pyridine rings is 1. The van der Waals surface area contributed by atoms with E-state index >= 15 is 0 Å². The van der Waals surface area contributed by atoms with Gasteiger partial charge in [0, 0.05) is 18.1 Å². The van der Waals surface area contributed by atoms with E-state index in [2.05, 4.69) is 16.4 Å². The molecule has 0 atom stereocenters. The summed E-state index contributed by atoms with van der Waals surface area (Å²) in [4.78, 5) is 17.0. The number of nitrogens with one attached hydrogen (secondary N) is 1. The van der Waals surface area contributed by atoms with Crippen molar-refractivity contribution in [1.29, 1.82) is 0 Å². The summed E-state index contributed by atoms with van der Waals surface area (Å²) in [6, 6.07) is 13.5. The Balaban J connectivity index is 1.93. The Bertz CT molecular complexity index is 865. The molecule has 0 radical (unpaired) electrons. The molecule has 0 fully saturated rings. The summed E-state index contributed by atoms with van der Waals surface area (Å²) >= 11 is 0. The van der Waals surface area contributed by atoms with Gasteiger partial charge in [-0.1, -0.05) is 17.7 Å². The lowest BCUT2D eigenvalue weighted by Gasteiger charge is -2.13. The predicted octanol–water partition coefficient (Wildman–Crippen LogP) is 4.05. The molecule has 0 aliphatic heterocycles. The summed E-state index contributed by atoms with van der Waals surface area (Å²) in [5.41, 5.74) is 5.42. The molecule has 0 aliphatic rings. The zero-order valence-corrected chi connectivity index (χ0v) is 13.5. The molecule has 1 N–H and O–H groups in total. The maximum atomic E-state index is 12.7. The normalized spacial score (nSPS) is 10.6. The Labute approximate surface area is 135 Å². The second-order valence-corrected chi connectivity index (χ2v) is 5.64. The molecule has 1 aromatic carbocycles. The summed E-state index contributed by atoms with van der Waals surface area (Å²) in [6.45, 7) is 5.96. The third kappa shape index (κ3) is 3.01. The first-order chi connectivity index (χ1) is 11.1. The molecule has 2 aromatic heterocycles. The summed E-state index contributed by atoms with van der Waals surface area (Å²) in [5.74, 6) is -0.134. The van der Waals surface area contributed by atoms with E-state index in [9.17, 15) is 4.79 Å². The fourth-order valence-electron chi connectivity index (χ4n) is 2.65. The molecule has 116 valence electrons. The van der Waals surface area contributed by atoms with Crippen molar-refractivity contribution >= 4 is 11.6 Å². The molecule has 0 spiro atoms. The number of aryl methyl sites for hydroxylation is 3. The average Bonchev–Trinajstić information content (AvgIpc) is 3.00. The van der Waals surface area contributed by atoms with E-state index in [4.69, 9.17) is 0 Å². The minimum absolute atomic E-state index is 0.134. The number of rotatable bonds is 3. The number of hydrogen-bond donors (Lipinski definition) is 1. The molecule has 3 aromatic rings. The summed E-state index contributed by atoms with van der Waals surface area (Å²) in [6.07, 6.45) is 3.62. The van der Waals surface area contributed by atoms with Crippen molar-refractivity contribution < 1.29 is 4.79 Å². The van der Waals surface area contributed by atoms with Crippen molar-refractivity contribution in [2.75, 3.05) is 5.32 Å². The smallest absolute Gasteiger partial charge is 0.272 e. The highest BCUT2D eigenvalue weighted by molar-refractivity contribution is 6.04. The zero-order valence-electron chi connectivity index (χ0n) is 13.5. The molecule has 4 nitrogen and oxygen atoms in total. The van der Waals surface area contributed by atoms with Gasteiger partial charge in [-0.05, 0) is 56.7 Å². The van der Waals surface area contributed by atoms with Crippen LogP contribution in [0.2, 0.25) is 0 Å². The molecule has 0 saturated carbocycles. The minimum Gasteiger partial charge on any atom is -0.320 e. The highest BCUT2D eigenvalue weighted by Crippen LogP contribution is 2.19. The number of aromatic nitrogens is 2. The summed E-state index contributed by atoms with van der Waals surface area (Å²) in [5, 5.41) is 2.99. The SMILES string of the molecule is Cc1ccc(NC(=O)c2cccn2-c2cccnc2C)c(C)c1. The van der Waals surface area contributed by atoms with E-state index in [1.807, 2.05) is 67.9 Å². The molecular formula is C19H19N3O. The monoisotopic (exact) mass is 305 g/mol. The largest absolute Gasteiger partial charge is 0.320 e. The maximum absolute atomic E-state index is 12.7. The van der Waals surface area contributed by atoms with Crippen LogP contribution in [-0.2, 0) is 0 Å². The lowest BCUT2D eigenvalue weighted by atomic mass is 10.1. The van der Waals surface area contributed by atoms with Crippen molar-refractivity contribution in [2.45, 2.75) is 20.8 Å². The molecule has 0 unspecified atom stereocenters. The van der Waals surface area contributed by atoms with Crippen LogP contribution >= 0.6 is 0 Å². The van der Waals surface area contributed by atoms with Crippen LogP contribution in [0.3, 0.4) is 0 Å². The van der Waals surface area contributed by atoms with E-state index in [1.165, 1.54) is 5.56 Å². The zero-order chi connectivity index (χ0) is 16.4. The van der Waals surface area contributed by atoms with Crippen LogP contribution in [0.5, 0.6) is 0 Å². The Kier molecular flexibility index (Phi) is 3.98. The van der Waals surface area contributed by atoms with Crippen molar-refractivity contribution in [2.24, 2.45) is 0 Å². The number of amides is 1. The molecule has 2 heterocycles. The standard InChI is InChI=1S/C19H19N3O/c1-13-8-9-16(14(2)12-13)21-19(23)18-7-5-11-22(18)17-6-4-10-20-15(17)3/h4-12H,1-3H3,(H,21,23). The first kappa shape index (κ1) is 15.0. The molecule has 23 heavy (non-hydrogen) atoms. The topological polar surface area (TPSA) is 46.9 Å². The molecule has 1 amide bonds. The van der Waals surface area contributed by atoms with Gasteiger partial charge in [-0.2, -0.15) is 0 Å². The van der Waals surface area contributed by atoms with Crippen molar-refractivity contribution in [3.05, 3.63) is 77.4 Å². The van der Waals surface area contributed by atoms with Crippen LogP contribution in [0.4, 0.5) is 5.69 Å². The van der Waals surface area contributed by atoms with Gasteiger partial charge in [-0.15, -0.1) is 0 Å². The van der Waals surface area contributed by atoms with Gasteiger partial charge in [0.2, 0.25) is 0 Å². The van der Waals surface area contributed by atoms with Gasteiger partial charge >= 0.3 is 0 Å². The fraction of sp³-hybridized carbons (Fsp3) is 0.158. The van der Waals surface area contributed by atoms with Gasteiger partial charge in [0.15, 0.2) is 0 Å². The van der Waals surface area contributed by atoms with Gasteiger partial charge in [-0.3, -0.25) is 9.78 Å². The van der Waals surface area contributed by atoms with E-state index < -0.39 is 0 Å². The quantitative estimate of drug-likeness (QED) is 0.793. The summed E-state index contributed by atoms with van der Waals surface area (Å²) in [7, 11) is 0. The van der Waals surface area contributed by atoms with E-state index in [0.29, 0.717) is 5.69 Å². The van der Waals surface area contributed by atoms with Gasteiger partial charge < -0.3 is 9.88 Å². The van der Waals surface area contributed by atoms with Gasteiger partial charge in [0.1, 0.15) is 5.69 Å². The Hall–Kier alpha value is -2.88. The van der Waals surface area contributed by atoms with Crippen LogP contribution in [0.25, 0.3) is 5.69 Å². The Morgan fingerprint density at radius 2 is 1.91 bits per heavy atom. The Morgan fingerprint density at radius 1 is 1.09 bits per heavy atom. The van der Waals surface area contributed by atoms with Crippen LogP contribution in [-0.4, -0.2) is 15.5 Å². The third-order valence-corrected chi connectivity index (χ3v) is 3.85. The number of carbonyl (C=O) groups excluding carboxylic acids is 1. The molecule has 0 bridgehead atoms. The van der Waals surface area contributed by atoms with Crippen molar-refractivity contribution in [3.8, 4) is 5.69 Å². The van der Waals surface area contributed by atoms with Gasteiger partial charge in [0.05, 0.1) is 11.4 Å². The van der Waals surface area contributed by atoms with Gasteiger partial charge in [0.25, 0.3) is 5.91 Å². The van der Waals surface area contributed by atoms with Gasteiger partial charge in [-0.25, -0.2) is 0 Å². The summed E-state index contributed by atoms with van der Waals surface area (Å²) < 4.78 is 1.86. The van der Waals surface area contributed by atoms with Crippen LogP contribution in [0, 0.1) is 20.8 Å². The number of nitrogens with zero attached hydrogens (tertiary/aromatic N) is 2. The molecule has 0 aliphatic carbocycles. The second-order valence-electron chi connectivity index (χ2n) is 5.64. The molecule has 4 heteroatoms. The number of anilines is 1. The first-order valence-corrected chi connectivity index (χ1v) is 7.54. The first-order valence-electron chi connectivity index (χ1n) is 7.54. The highest BCUT2D eigenvalue weighted by atomic mass is 16.1. The number of carbonyl (C=O) groups is 1. The lowest BCUT2D eigenvalue weighted by Crippen LogP contribution is -2.17. The van der Waals surface area contributed by atoms with Crippen LogP contribution in [0.1, 0.15) is 27.3 Å². The van der Waals surface area contributed by atoms with E-state index in [-0.39, 0.29) is 5.91 Å². The average molecular weight is 305 g/mol. The minimum atomic E-state index is -0.134. The molecule has 0 saturated heterocycles.